The molecular weight excluding hydrogens is 406 g/mol. The minimum Gasteiger partial charge on any atom is -0.696 e. The van der Waals surface area contributed by atoms with Crippen molar-refractivity contribution < 1.29 is 19.5 Å². The first-order valence-electron chi connectivity index (χ1n) is 7.63. The molecule has 2 heterocycles. The van der Waals surface area contributed by atoms with Gasteiger partial charge in [-0.3, -0.25) is 0 Å². The van der Waals surface area contributed by atoms with Gasteiger partial charge in [0.25, 0.3) is 0 Å². The molecule has 9 heteroatoms. The summed E-state index contributed by atoms with van der Waals surface area (Å²) in [6.45, 7) is 6.60. The van der Waals surface area contributed by atoms with Gasteiger partial charge in [-0.05, 0) is 12.8 Å². The molecule has 0 amide bonds. The van der Waals surface area contributed by atoms with Crippen LogP contribution >= 0.6 is 0 Å². The summed E-state index contributed by atoms with van der Waals surface area (Å²) in [5.41, 5.74) is 0. The Hall–Kier alpha value is -1.54. The van der Waals surface area contributed by atoms with Gasteiger partial charge >= 0.3 is 19.5 Å². The summed E-state index contributed by atoms with van der Waals surface area (Å²) in [6, 6.07) is 0. The summed E-state index contributed by atoms with van der Waals surface area (Å²) in [6.07, 6.45) is 16.3. The number of hydrogen-bond donors (Lipinski definition) is 0. The Morgan fingerprint density at radius 1 is 0.840 bits per heavy atom. The fraction of sp³-hybridized carbons (Fsp3) is 0.500. The van der Waals surface area contributed by atoms with Crippen LogP contribution in [0.15, 0.2) is 37.4 Å². The van der Waals surface area contributed by atoms with E-state index in [1.54, 1.807) is 0 Å². The number of aromatic nitrogens is 4. The van der Waals surface area contributed by atoms with Crippen molar-refractivity contribution in [1.29, 1.82) is 10.5 Å². The van der Waals surface area contributed by atoms with Crippen molar-refractivity contribution in [2.75, 3.05) is 0 Å². The zero-order valence-electron chi connectivity index (χ0n) is 14.9. The van der Waals surface area contributed by atoms with Crippen molar-refractivity contribution in [1.82, 2.24) is 19.1 Å². The Morgan fingerprint density at radius 2 is 1.16 bits per heavy atom. The zero-order valence-corrected chi connectivity index (χ0v) is 19.5. The Morgan fingerprint density at radius 3 is 1.36 bits per heavy atom. The Kier molecular flexibility index (Phi) is 27.9. The van der Waals surface area contributed by atoms with Crippen LogP contribution in [0.4, 0.5) is 0 Å². The van der Waals surface area contributed by atoms with E-state index in [0.717, 1.165) is 13.1 Å². The first-order chi connectivity index (χ1) is 11.7. The summed E-state index contributed by atoms with van der Waals surface area (Å²) in [7, 11) is 0. The standard InChI is InChI=1S/2C7H12N2.2CHNS.Zn/c2*1-2-3-5-9-6-4-8-7-9;2*2-1-3;/h2*4,6-7H,2-3,5H2,1H3;2*3H;/q;;;;+2/p-2. The Labute approximate surface area is 174 Å². The third-order valence-corrected chi connectivity index (χ3v) is 2.66. The maximum absolute atomic E-state index is 7.13. The largest absolute Gasteiger partial charge is 2.00 e. The van der Waals surface area contributed by atoms with Gasteiger partial charge in [0.05, 0.1) is 12.7 Å². The van der Waals surface area contributed by atoms with Gasteiger partial charge in [0, 0.05) is 37.9 Å². The van der Waals surface area contributed by atoms with Crippen molar-refractivity contribution in [2.24, 2.45) is 0 Å². The van der Waals surface area contributed by atoms with Crippen molar-refractivity contribution in [2.45, 2.75) is 52.6 Å². The molecule has 0 aromatic carbocycles. The second-order valence-corrected chi connectivity index (χ2v) is 4.86. The predicted octanol–water partition coefficient (Wildman–Crippen LogP) is 3.39. The van der Waals surface area contributed by atoms with E-state index >= 15 is 0 Å². The van der Waals surface area contributed by atoms with E-state index in [1.807, 2.05) is 37.4 Å². The molecule has 2 aromatic rings. The van der Waals surface area contributed by atoms with E-state index in [4.69, 9.17) is 10.5 Å². The molecule has 132 valence electrons. The van der Waals surface area contributed by atoms with E-state index in [1.165, 1.54) is 36.5 Å². The fourth-order valence-electron chi connectivity index (χ4n) is 1.52. The van der Waals surface area contributed by atoms with Crippen LogP contribution in [0.3, 0.4) is 0 Å². The van der Waals surface area contributed by atoms with Crippen LogP contribution in [-0.4, -0.2) is 19.1 Å². The quantitative estimate of drug-likeness (QED) is 0.397. The molecule has 0 aliphatic heterocycles. The van der Waals surface area contributed by atoms with Crippen molar-refractivity contribution >= 4 is 25.3 Å². The summed E-state index contributed by atoms with van der Waals surface area (Å²) >= 11 is 7.40. The molecule has 2 aromatic heterocycles. The average Bonchev–Trinajstić information content (AvgIpc) is 3.27. The number of thiocyanates is 2. The molecule has 0 radical (unpaired) electrons. The van der Waals surface area contributed by atoms with Gasteiger partial charge in [-0.1, -0.05) is 37.5 Å². The van der Waals surface area contributed by atoms with E-state index in [2.05, 4.69) is 58.2 Å². The molecule has 25 heavy (non-hydrogen) atoms. The molecule has 0 N–H and O–H groups in total. The van der Waals surface area contributed by atoms with Crippen LogP contribution < -0.4 is 0 Å². The second-order valence-electron chi connectivity index (χ2n) is 4.49. The Balaban J connectivity index is -0.000000287. The van der Waals surface area contributed by atoms with E-state index < -0.39 is 0 Å². The first-order valence-corrected chi connectivity index (χ1v) is 8.45. The number of hydrogen-bond acceptors (Lipinski definition) is 6. The topological polar surface area (TPSA) is 83.2 Å². The summed E-state index contributed by atoms with van der Waals surface area (Å²) in [5.74, 6) is 0. The molecule has 0 unspecified atom stereocenters. The van der Waals surface area contributed by atoms with E-state index in [-0.39, 0.29) is 19.5 Å². The van der Waals surface area contributed by atoms with Gasteiger partial charge in [0.15, 0.2) is 0 Å². The molecule has 0 saturated carbocycles. The molecule has 0 aliphatic rings. The van der Waals surface area contributed by atoms with E-state index in [0.29, 0.717) is 0 Å². The van der Waals surface area contributed by atoms with Gasteiger partial charge in [0.2, 0.25) is 0 Å². The zero-order chi connectivity index (χ0) is 18.5. The van der Waals surface area contributed by atoms with Gasteiger partial charge in [-0.2, -0.15) is 0 Å². The molecule has 0 aliphatic carbocycles. The number of aryl methyl sites for hydroxylation is 2. The van der Waals surface area contributed by atoms with Crippen LogP contribution in [-0.2, 0) is 57.8 Å². The van der Waals surface area contributed by atoms with Crippen molar-refractivity contribution in [3.8, 4) is 10.8 Å². The maximum Gasteiger partial charge on any atom is 2.00 e. The van der Waals surface area contributed by atoms with Crippen LogP contribution in [0.1, 0.15) is 39.5 Å². The molecule has 0 atom stereocenters. The predicted molar refractivity (Wildman–Crippen MR) is 100 cm³/mol. The molecule has 0 fully saturated rings. The molecular formula is C16H24N6S2Zn. The van der Waals surface area contributed by atoms with E-state index in [9.17, 15) is 0 Å². The third kappa shape index (κ3) is 22.5. The summed E-state index contributed by atoms with van der Waals surface area (Å²) in [4.78, 5) is 7.88. The van der Waals surface area contributed by atoms with Gasteiger partial charge in [0.1, 0.15) is 0 Å². The summed E-state index contributed by atoms with van der Waals surface area (Å²) in [5, 5.41) is 16.9. The first kappa shape index (κ1) is 28.3. The van der Waals surface area contributed by atoms with Gasteiger partial charge < -0.3 is 34.4 Å². The number of nitrogens with zero attached hydrogens (tertiary/aromatic N) is 6. The van der Waals surface area contributed by atoms with Crippen molar-refractivity contribution in [3.63, 3.8) is 0 Å². The maximum atomic E-state index is 7.13. The minimum absolute atomic E-state index is 0. The van der Waals surface area contributed by atoms with Crippen LogP contribution in [0, 0.1) is 21.3 Å². The Bertz CT molecular complexity index is 482. The number of imidazole rings is 2. The SMILES string of the molecule is CCCCn1ccnc1.CCCCn1ccnc1.N#C[S-].N#C[S-].[Zn+2]. The second kappa shape index (κ2) is 24.7. The van der Waals surface area contributed by atoms with Gasteiger partial charge in [-0.15, -0.1) is 0 Å². The molecule has 0 saturated heterocycles. The van der Waals surface area contributed by atoms with Crippen molar-refractivity contribution in [3.05, 3.63) is 37.4 Å². The molecule has 6 nitrogen and oxygen atoms in total. The normalized spacial score (nSPS) is 7.68. The third-order valence-electron chi connectivity index (χ3n) is 2.66. The average molecular weight is 430 g/mol. The van der Waals surface area contributed by atoms with Crippen LogP contribution in [0.2, 0.25) is 0 Å². The fourth-order valence-corrected chi connectivity index (χ4v) is 1.52. The molecule has 0 spiro atoms. The molecule has 0 bridgehead atoms. The minimum atomic E-state index is 0. The van der Waals surface area contributed by atoms with Crippen LogP contribution in [0.5, 0.6) is 0 Å². The van der Waals surface area contributed by atoms with Gasteiger partial charge in [-0.25, -0.2) is 20.5 Å². The number of rotatable bonds is 6. The monoisotopic (exact) mass is 428 g/mol. The summed E-state index contributed by atoms with van der Waals surface area (Å²) < 4.78 is 4.20. The van der Waals surface area contributed by atoms with Crippen LogP contribution in [0.25, 0.3) is 0 Å². The number of unbranched alkanes of at least 4 members (excludes halogenated alkanes) is 2. The number of nitriles is 2. The molecule has 2 rings (SSSR count). The smallest absolute Gasteiger partial charge is 0.696 e.